The number of hydrogen-bond acceptors (Lipinski definition) is 1. The summed E-state index contributed by atoms with van der Waals surface area (Å²) in [6.45, 7) is 0. The van der Waals surface area contributed by atoms with E-state index in [1.165, 1.54) is 44.2 Å². The first-order valence-electron chi connectivity index (χ1n) is 6.08. The summed E-state index contributed by atoms with van der Waals surface area (Å²) in [5, 5.41) is 3.73. The van der Waals surface area contributed by atoms with Gasteiger partial charge in [0.15, 0.2) is 0 Å². The van der Waals surface area contributed by atoms with Crippen molar-refractivity contribution < 1.29 is 0 Å². The van der Waals surface area contributed by atoms with Crippen LogP contribution in [0.15, 0.2) is 23.9 Å². The lowest BCUT2D eigenvalue weighted by Crippen LogP contribution is -2.41. The first-order valence-corrected chi connectivity index (χ1v) is 6.08. The second-order valence-electron chi connectivity index (χ2n) is 5.00. The third-order valence-corrected chi connectivity index (χ3v) is 4.13. The first kappa shape index (κ1) is 8.58. The quantitative estimate of drug-likeness (QED) is 0.704. The van der Waals surface area contributed by atoms with Gasteiger partial charge in [-0.25, -0.2) is 0 Å². The van der Waals surface area contributed by atoms with E-state index in [0.717, 1.165) is 11.8 Å². The van der Waals surface area contributed by atoms with E-state index in [1.54, 1.807) is 0 Å². The minimum Gasteiger partial charge on any atom is -0.382 e. The molecule has 0 bridgehead atoms. The van der Waals surface area contributed by atoms with Gasteiger partial charge in [-0.2, -0.15) is 0 Å². The number of allylic oxidation sites excluding steroid dienone is 3. The summed E-state index contributed by atoms with van der Waals surface area (Å²) >= 11 is 0. The Morgan fingerprint density at radius 3 is 2.43 bits per heavy atom. The van der Waals surface area contributed by atoms with Gasteiger partial charge >= 0.3 is 0 Å². The van der Waals surface area contributed by atoms with Gasteiger partial charge in [0.25, 0.3) is 0 Å². The maximum Gasteiger partial charge on any atom is 0.0472 e. The molecule has 1 nitrogen and oxygen atoms in total. The van der Waals surface area contributed by atoms with Crippen molar-refractivity contribution in [3.8, 4) is 0 Å². The van der Waals surface area contributed by atoms with Crippen LogP contribution in [0.1, 0.15) is 38.5 Å². The summed E-state index contributed by atoms with van der Waals surface area (Å²) < 4.78 is 0. The zero-order valence-electron chi connectivity index (χ0n) is 8.71. The SMILES string of the molecule is C1=CC(C2CCC2)NC(C2CCC2)=C1. The summed E-state index contributed by atoms with van der Waals surface area (Å²) in [6.07, 6.45) is 15.5. The largest absolute Gasteiger partial charge is 0.382 e. The number of rotatable bonds is 2. The van der Waals surface area contributed by atoms with Crippen LogP contribution in [0.5, 0.6) is 0 Å². The summed E-state index contributed by atoms with van der Waals surface area (Å²) in [5.74, 6) is 1.79. The second-order valence-corrected chi connectivity index (χ2v) is 5.00. The lowest BCUT2D eigenvalue weighted by Gasteiger charge is -2.38. The molecule has 76 valence electrons. The molecule has 1 N–H and O–H groups in total. The maximum atomic E-state index is 3.73. The minimum absolute atomic E-state index is 0.657. The summed E-state index contributed by atoms with van der Waals surface area (Å²) in [5.41, 5.74) is 1.52. The predicted molar refractivity (Wildman–Crippen MR) is 58.8 cm³/mol. The van der Waals surface area contributed by atoms with E-state index in [4.69, 9.17) is 0 Å². The molecule has 0 aromatic rings. The van der Waals surface area contributed by atoms with Crippen LogP contribution < -0.4 is 5.32 Å². The molecule has 1 unspecified atom stereocenters. The lowest BCUT2D eigenvalue weighted by molar-refractivity contribution is 0.251. The Morgan fingerprint density at radius 1 is 1.07 bits per heavy atom. The van der Waals surface area contributed by atoms with Crippen molar-refractivity contribution in [2.45, 2.75) is 44.6 Å². The Labute approximate surface area is 86.3 Å². The highest BCUT2D eigenvalue weighted by atomic mass is 14.9. The molecule has 0 radical (unpaired) electrons. The van der Waals surface area contributed by atoms with E-state index >= 15 is 0 Å². The monoisotopic (exact) mass is 189 g/mol. The zero-order valence-corrected chi connectivity index (χ0v) is 8.71. The highest BCUT2D eigenvalue weighted by molar-refractivity contribution is 5.24. The van der Waals surface area contributed by atoms with Gasteiger partial charge in [-0.05, 0) is 43.6 Å². The van der Waals surface area contributed by atoms with Crippen LogP contribution in [0.25, 0.3) is 0 Å². The van der Waals surface area contributed by atoms with Crippen LogP contribution in [0.2, 0.25) is 0 Å². The van der Waals surface area contributed by atoms with E-state index < -0.39 is 0 Å². The molecule has 0 saturated heterocycles. The standard InChI is InChI=1S/C13H19N/c1-4-10(5-1)12-8-3-9-13(14-12)11-6-2-7-11/h3,8-12,14H,1-2,4-7H2. The first-order chi connectivity index (χ1) is 6.93. The van der Waals surface area contributed by atoms with E-state index in [1.807, 2.05) is 0 Å². The van der Waals surface area contributed by atoms with Crippen LogP contribution in [-0.2, 0) is 0 Å². The molecule has 2 aliphatic carbocycles. The Balaban J connectivity index is 1.64. The van der Waals surface area contributed by atoms with Crippen LogP contribution in [0.3, 0.4) is 0 Å². The Morgan fingerprint density at radius 2 is 1.86 bits per heavy atom. The van der Waals surface area contributed by atoms with Crippen molar-refractivity contribution >= 4 is 0 Å². The normalized spacial score (nSPS) is 32.9. The fourth-order valence-electron chi connectivity index (χ4n) is 2.61. The molecule has 0 amide bonds. The van der Waals surface area contributed by atoms with Crippen LogP contribution >= 0.6 is 0 Å². The van der Waals surface area contributed by atoms with Crippen LogP contribution in [0.4, 0.5) is 0 Å². The van der Waals surface area contributed by atoms with Crippen molar-refractivity contribution in [3.63, 3.8) is 0 Å². The van der Waals surface area contributed by atoms with E-state index in [0.29, 0.717) is 6.04 Å². The highest BCUT2D eigenvalue weighted by Gasteiger charge is 2.29. The predicted octanol–water partition coefficient (Wildman–Crippen LogP) is 3.00. The maximum absolute atomic E-state index is 3.73. The second kappa shape index (κ2) is 3.45. The Bertz CT molecular complexity index is 269. The average molecular weight is 189 g/mol. The number of nitrogens with one attached hydrogen (secondary N) is 1. The third-order valence-electron chi connectivity index (χ3n) is 4.13. The third kappa shape index (κ3) is 1.39. The number of hydrogen-bond donors (Lipinski definition) is 1. The molecule has 1 atom stereocenters. The average Bonchev–Trinajstić information content (AvgIpc) is 1.98. The molecule has 0 spiro atoms. The molecule has 14 heavy (non-hydrogen) atoms. The van der Waals surface area contributed by atoms with E-state index in [2.05, 4.69) is 23.5 Å². The van der Waals surface area contributed by atoms with Gasteiger partial charge in [-0.1, -0.05) is 25.0 Å². The summed E-state index contributed by atoms with van der Waals surface area (Å²) in [7, 11) is 0. The molecular weight excluding hydrogens is 170 g/mol. The van der Waals surface area contributed by atoms with Crippen molar-refractivity contribution in [3.05, 3.63) is 23.9 Å². The van der Waals surface area contributed by atoms with Crippen molar-refractivity contribution in [2.75, 3.05) is 0 Å². The topological polar surface area (TPSA) is 12.0 Å². The van der Waals surface area contributed by atoms with Gasteiger partial charge < -0.3 is 5.32 Å². The van der Waals surface area contributed by atoms with E-state index in [9.17, 15) is 0 Å². The molecule has 2 fully saturated rings. The molecule has 3 rings (SSSR count). The highest BCUT2D eigenvalue weighted by Crippen LogP contribution is 2.36. The molecule has 1 aliphatic heterocycles. The summed E-state index contributed by atoms with van der Waals surface area (Å²) in [6, 6.07) is 0.657. The molecule has 3 aliphatic rings. The fraction of sp³-hybridized carbons (Fsp3) is 0.692. The van der Waals surface area contributed by atoms with Gasteiger partial charge in [-0.3, -0.25) is 0 Å². The molecule has 1 heteroatoms. The molecule has 1 heterocycles. The minimum atomic E-state index is 0.657. The van der Waals surface area contributed by atoms with Gasteiger partial charge in [0.1, 0.15) is 0 Å². The smallest absolute Gasteiger partial charge is 0.0472 e. The molecule has 0 aromatic heterocycles. The molecular formula is C13H19N. The van der Waals surface area contributed by atoms with Crippen LogP contribution in [0, 0.1) is 11.8 Å². The summed E-state index contributed by atoms with van der Waals surface area (Å²) in [4.78, 5) is 0. The number of dihydropyridines is 1. The van der Waals surface area contributed by atoms with Gasteiger partial charge in [0.05, 0.1) is 0 Å². The molecule has 0 aromatic carbocycles. The molecule has 2 saturated carbocycles. The van der Waals surface area contributed by atoms with Crippen LogP contribution in [-0.4, -0.2) is 6.04 Å². The van der Waals surface area contributed by atoms with Gasteiger partial charge in [-0.15, -0.1) is 0 Å². The zero-order chi connectivity index (χ0) is 9.38. The van der Waals surface area contributed by atoms with Crippen molar-refractivity contribution in [1.82, 2.24) is 5.32 Å². The fourth-order valence-corrected chi connectivity index (χ4v) is 2.61. The lowest BCUT2D eigenvalue weighted by atomic mass is 9.77. The van der Waals surface area contributed by atoms with Gasteiger partial charge in [0, 0.05) is 11.7 Å². The van der Waals surface area contributed by atoms with Gasteiger partial charge in [0.2, 0.25) is 0 Å². The van der Waals surface area contributed by atoms with E-state index in [-0.39, 0.29) is 0 Å². The van der Waals surface area contributed by atoms with Crippen molar-refractivity contribution in [2.24, 2.45) is 11.8 Å². The Hall–Kier alpha value is -0.720. The Kier molecular flexibility index (Phi) is 2.11. The van der Waals surface area contributed by atoms with Crippen molar-refractivity contribution in [1.29, 1.82) is 0 Å².